The Labute approximate surface area is 285 Å². The number of thiazole rings is 2. The summed E-state index contributed by atoms with van der Waals surface area (Å²) in [6, 6.07) is 19.4. The monoisotopic (exact) mass is 731 g/mol. The molecule has 3 heterocycles. The maximum absolute atomic E-state index is 13.5. The number of allylic oxidation sites excluding steroid dienone is 1. The van der Waals surface area contributed by atoms with Gasteiger partial charge in [0.25, 0.3) is 20.7 Å². The predicted molar refractivity (Wildman–Crippen MR) is 188 cm³/mol. The second-order valence-corrected chi connectivity index (χ2v) is 16.5. The summed E-state index contributed by atoms with van der Waals surface area (Å²) in [5.74, 6) is -0.832. The fraction of sp³-hybridized carbons (Fsp3) is 0.250. The molecule has 1 aliphatic rings. The van der Waals surface area contributed by atoms with Crippen LogP contribution < -0.4 is 19.3 Å². The van der Waals surface area contributed by atoms with Crippen molar-refractivity contribution in [1.29, 1.82) is 0 Å². The Kier molecular flexibility index (Phi) is 11.4. The molecule has 5 rings (SSSR count). The highest BCUT2D eigenvalue weighted by Gasteiger charge is 2.23. The van der Waals surface area contributed by atoms with Crippen LogP contribution in [0.2, 0.25) is 0 Å². The topological polar surface area (TPSA) is 141 Å². The number of nitrogens with zero attached hydrogens (tertiary/aromatic N) is 3. The van der Waals surface area contributed by atoms with E-state index in [1.807, 2.05) is 100.0 Å². The summed E-state index contributed by atoms with van der Waals surface area (Å²) in [6.45, 7) is 3.00. The minimum Gasteiger partial charge on any atom is -0.748 e. The van der Waals surface area contributed by atoms with E-state index in [0.717, 1.165) is 37.2 Å². The van der Waals surface area contributed by atoms with Gasteiger partial charge in [0.1, 0.15) is 4.66 Å². The van der Waals surface area contributed by atoms with Crippen molar-refractivity contribution < 1.29 is 30.5 Å². The molecule has 0 saturated carbocycles. The van der Waals surface area contributed by atoms with E-state index in [9.17, 15) is 30.7 Å². The second kappa shape index (κ2) is 15.3. The molecule has 1 aliphatic heterocycles. The van der Waals surface area contributed by atoms with Crippen LogP contribution in [-0.2, 0) is 33.3 Å². The molecular weight excluding hydrogens is 699 g/mol. The van der Waals surface area contributed by atoms with Gasteiger partial charge in [0.05, 0.1) is 42.6 Å². The summed E-state index contributed by atoms with van der Waals surface area (Å²) < 4.78 is 70.9. The van der Waals surface area contributed by atoms with Crippen LogP contribution in [-0.4, -0.2) is 53.5 Å². The van der Waals surface area contributed by atoms with E-state index in [2.05, 4.69) is 0 Å². The number of thioether (sulfide) groups is 1. The van der Waals surface area contributed by atoms with Crippen molar-refractivity contribution >= 4 is 72.5 Å². The van der Waals surface area contributed by atoms with Crippen LogP contribution >= 0.6 is 34.4 Å². The average molecular weight is 732 g/mol. The zero-order chi connectivity index (χ0) is 33.6. The van der Waals surface area contributed by atoms with Crippen molar-refractivity contribution in [2.45, 2.75) is 32.9 Å². The first-order chi connectivity index (χ1) is 22.4. The van der Waals surface area contributed by atoms with E-state index >= 15 is 0 Å². The van der Waals surface area contributed by atoms with Gasteiger partial charge >= 0.3 is 0 Å². The van der Waals surface area contributed by atoms with Gasteiger partial charge < -0.3 is 9.45 Å². The quantitative estimate of drug-likeness (QED) is 0.161. The largest absolute Gasteiger partial charge is 0.748 e. The van der Waals surface area contributed by atoms with E-state index in [-0.39, 0.29) is 24.2 Å². The van der Waals surface area contributed by atoms with Gasteiger partial charge in [-0.1, -0.05) is 71.6 Å². The SMILES string of the molecule is CCn1c(=O)/c(=C/C=C2/SC=C(c3ccccc3)N2CCCS(=O)(=O)O)s/c1=C\c1scc(-c2ccccc2)[n+]1CCCS(=O)(=O)[O-]. The van der Waals surface area contributed by atoms with E-state index in [1.165, 1.54) is 34.4 Å². The van der Waals surface area contributed by atoms with Crippen molar-refractivity contribution in [2.75, 3.05) is 18.1 Å². The first kappa shape index (κ1) is 35.0. The molecule has 0 amide bonds. The molecule has 0 aliphatic carbocycles. The lowest BCUT2D eigenvalue weighted by atomic mass is 10.1. The van der Waals surface area contributed by atoms with Crippen molar-refractivity contribution in [2.24, 2.45) is 0 Å². The maximum Gasteiger partial charge on any atom is 0.269 e. The minimum absolute atomic E-state index is 0.151. The normalized spacial score (nSPS) is 15.6. The third-order valence-electron chi connectivity index (χ3n) is 7.27. The Morgan fingerprint density at radius 3 is 2.26 bits per heavy atom. The van der Waals surface area contributed by atoms with Crippen LogP contribution in [0.25, 0.3) is 29.1 Å². The predicted octanol–water partition coefficient (Wildman–Crippen LogP) is 3.66. The molecule has 2 aromatic heterocycles. The van der Waals surface area contributed by atoms with Gasteiger partial charge in [0, 0.05) is 36.2 Å². The zero-order valence-electron chi connectivity index (χ0n) is 25.4. The fourth-order valence-electron chi connectivity index (χ4n) is 5.11. The van der Waals surface area contributed by atoms with Crippen LogP contribution in [0.3, 0.4) is 0 Å². The lowest BCUT2D eigenvalue weighted by molar-refractivity contribution is -0.683. The Morgan fingerprint density at radius 2 is 1.62 bits per heavy atom. The van der Waals surface area contributed by atoms with Crippen LogP contribution in [0.1, 0.15) is 30.3 Å². The lowest BCUT2D eigenvalue weighted by Crippen LogP contribution is -2.38. The van der Waals surface area contributed by atoms with E-state index in [1.54, 1.807) is 10.6 Å². The first-order valence-electron chi connectivity index (χ1n) is 14.7. The van der Waals surface area contributed by atoms with Crippen LogP contribution in [0.15, 0.2) is 87.4 Å². The number of hydrogen-bond donors (Lipinski definition) is 1. The molecule has 2 aromatic carbocycles. The van der Waals surface area contributed by atoms with E-state index < -0.39 is 26.0 Å². The Balaban J connectivity index is 1.52. The van der Waals surface area contributed by atoms with Crippen molar-refractivity contribution in [3.63, 3.8) is 0 Å². The summed E-state index contributed by atoms with van der Waals surface area (Å²) in [7, 11) is -8.46. The van der Waals surface area contributed by atoms with Crippen LogP contribution in [0, 0.1) is 0 Å². The molecule has 0 unspecified atom stereocenters. The highest BCUT2D eigenvalue weighted by molar-refractivity contribution is 8.06. The first-order valence-corrected chi connectivity index (χ1v) is 20.5. The molecule has 1 N–H and O–H groups in total. The fourth-order valence-corrected chi connectivity index (χ4v) is 9.16. The van der Waals surface area contributed by atoms with Gasteiger partial charge in [0.2, 0.25) is 5.69 Å². The minimum atomic E-state index is -4.36. The zero-order valence-corrected chi connectivity index (χ0v) is 29.5. The summed E-state index contributed by atoms with van der Waals surface area (Å²) in [5, 5.41) is 5.60. The van der Waals surface area contributed by atoms with E-state index in [4.69, 9.17) is 0 Å². The number of aromatic nitrogens is 2. The smallest absolute Gasteiger partial charge is 0.269 e. The molecule has 0 fully saturated rings. The molecule has 0 saturated heterocycles. The molecular formula is C32H33N3O7S5. The molecule has 0 radical (unpaired) electrons. The molecule has 15 heteroatoms. The number of rotatable bonds is 13. The van der Waals surface area contributed by atoms with Crippen molar-refractivity contribution in [1.82, 2.24) is 9.47 Å². The molecule has 10 nitrogen and oxygen atoms in total. The molecule has 248 valence electrons. The second-order valence-electron chi connectivity index (χ2n) is 10.5. The average Bonchev–Trinajstić information content (AvgIpc) is 3.71. The lowest BCUT2D eigenvalue weighted by Gasteiger charge is -2.23. The van der Waals surface area contributed by atoms with Gasteiger partial charge in [-0.25, -0.2) is 8.42 Å². The van der Waals surface area contributed by atoms with Crippen LogP contribution in [0.4, 0.5) is 0 Å². The van der Waals surface area contributed by atoms with E-state index in [0.29, 0.717) is 24.2 Å². The summed E-state index contributed by atoms with van der Waals surface area (Å²) >= 11 is 4.28. The molecule has 4 aromatic rings. The third-order valence-corrected chi connectivity index (χ3v) is 11.8. The summed E-state index contributed by atoms with van der Waals surface area (Å²) in [6.07, 6.45) is 5.91. The summed E-state index contributed by atoms with van der Waals surface area (Å²) in [5.41, 5.74) is 3.55. The number of benzene rings is 2. The van der Waals surface area contributed by atoms with Gasteiger partial charge in [-0.3, -0.25) is 13.9 Å². The molecule has 0 atom stereocenters. The highest BCUT2D eigenvalue weighted by Crippen LogP contribution is 2.39. The summed E-state index contributed by atoms with van der Waals surface area (Å²) in [4.78, 5) is 15.5. The van der Waals surface area contributed by atoms with Gasteiger partial charge in [-0.15, -0.1) is 11.3 Å². The van der Waals surface area contributed by atoms with Gasteiger partial charge in [-0.2, -0.15) is 13.0 Å². The van der Waals surface area contributed by atoms with Gasteiger partial charge in [0.15, 0.2) is 6.54 Å². The van der Waals surface area contributed by atoms with Gasteiger partial charge in [-0.05, 0) is 43.2 Å². The van der Waals surface area contributed by atoms with Crippen molar-refractivity contribution in [3.8, 4) is 11.3 Å². The molecule has 47 heavy (non-hydrogen) atoms. The van der Waals surface area contributed by atoms with Crippen molar-refractivity contribution in [3.05, 3.63) is 113 Å². The number of hydrogen-bond acceptors (Lipinski definition) is 10. The molecule has 0 spiro atoms. The Bertz CT molecular complexity index is 2190. The van der Waals surface area contributed by atoms with Crippen LogP contribution in [0.5, 0.6) is 0 Å². The maximum atomic E-state index is 13.5. The Morgan fingerprint density at radius 1 is 0.936 bits per heavy atom. The standard InChI is InChI=1S/C32H33N3O7S5/c1-2-33-31(21-30-35(18-10-20-47(40,41)42)27(23-44-30)25-13-7-4-8-14-25)45-28(32(33)36)15-16-29-34(17-9-19-46(37,38)39)26(22-43-29)24-11-5-3-6-12-24/h3-8,11-16,21-23H,2,9-10,17-20H2,1H3,(H-,37,38,39,40,41,42)/b28-15-,29-16+. The Hall–Kier alpha value is -3.31. The highest BCUT2D eigenvalue weighted by atomic mass is 32.2. The third kappa shape index (κ3) is 9.19. The molecule has 0 bridgehead atoms.